The fraction of sp³-hybridized carbons (Fsp3) is 0.250. The van der Waals surface area contributed by atoms with Crippen LogP contribution in [-0.4, -0.2) is 41.3 Å². The zero-order valence-electron chi connectivity index (χ0n) is 7.22. The molecule has 1 rings (SSSR count). The molecule has 15 heavy (non-hydrogen) atoms. The molecule has 0 aliphatic carbocycles. The highest BCUT2D eigenvalue weighted by Gasteiger charge is 2.36. The summed E-state index contributed by atoms with van der Waals surface area (Å²) >= 11 is 0. The lowest BCUT2D eigenvalue weighted by atomic mass is 10.2. The third-order valence-electron chi connectivity index (χ3n) is 1.19. The maximum Gasteiger partial charge on any atom is 0.413 e. The van der Waals surface area contributed by atoms with E-state index in [4.69, 9.17) is 22.9 Å². The number of carbonyl (C=O) groups is 2. The molecule has 1 unspecified atom stereocenters. The predicted molar refractivity (Wildman–Crippen MR) is 40.8 cm³/mol. The number of amides is 3. The van der Waals surface area contributed by atoms with Gasteiger partial charge in [0.2, 0.25) is 0 Å². The first-order valence-corrected chi connectivity index (χ1v) is 4.68. The molecule has 11 heteroatoms. The molecule has 0 bridgehead atoms. The van der Waals surface area contributed by atoms with Gasteiger partial charge in [0.1, 0.15) is 0 Å². The molecular formula is C4H8N4O6S. The second-order valence-electron chi connectivity index (χ2n) is 2.36. The topological polar surface area (TPSA) is 192 Å². The summed E-state index contributed by atoms with van der Waals surface area (Å²) in [7, 11) is -5.17. The van der Waals surface area contributed by atoms with Crippen LogP contribution in [0.2, 0.25) is 0 Å². The van der Waals surface area contributed by atoms with Crippen LogP contribution in [0.25, 0.3) is 0 Å². The molecule has 1 fully saturated rings. The van der Waals surface area contributed by atoms with Gasteiger partial charge >= 0.3 is 17.8 Å². The van der Waals surface area contributed by atoms with E-state index >= 15 is 0 Å². The highest BCUT2D eigenvalue weighted by Crippen LogP contribution is 1.81. The Kier molecular flexibility index (Phi) is 4.29. The van der Waals surface area contributed by atoms with Crippen molar-refractivity contribution in [2.24, 2.45) is 0 Å². The minimum Gasteiger partial charge on any atom is -0.759 e. The molecule has 1 heterocycles. The Morgan fingerprint density at radius 1 is 1.27 bits per heavy atom. The van der Waals surface area contributed by atoms with Gasteiger partial charge in [0.05, 0.1) is 0 Å². The van der Waals surface area contributed by atoms with Crippen LogP contribution in [0.5, 0.6) is 0 Å². The van der Waals surface area contributed by atoms with E-state index in [0.717, 1.165) is 0 Å². The quantitative estimate of drug-likeness (QED) is 0.240. The van der Waals surface area contributed by atoms with E-state index in [9.17, 15) is 9.59 Å². The first-order valence-electron chi connectivity index (χ1n) is 3.35. The summed E-state index contributed by atoms with van der Waals surface area (Å²) in [5.74, 6) is -0.380. The Bertz CT molecular complexity index is 360. The fourth-order valence-electron chi connectivity index (χ4n) is 0.590. The number of nitrogens with two attached hydrogens (primary N) is 1. The molecular weight excluding hydrogens is 232 g/mol. The Labute approximate surface area is 83.9 Å². The van der Waals surface area contributed by atoms with E-state index in [2.05, 4.69) is 11.1 Å². The molecule has 0 aromatic heterocycles. The van der Waals surface area contributed by atoms with Crippen molar-refractivity contribution in [1.82, 2.24) is 10.6 Å². The van der Waals surface area contributed by atoms with Crippen molar-refractivity contribution in [2.45, 2.75) is 6.04 Å². The van der Waals surface area contributed by atoms with Crippen LogP contribution in [-0.2, 0) is 15.2 Å². The first-order chi connectivity index (χ1) is 6.61. The van der Waals surface area contributed by atoms with Crippen molar-refractivity contribution in [3.05, 3.63) is 0 Å². The highest BCUT2D eigenvalue weighted by molar-refractivity contribution is 7.79. The number of quaternary nitrogens is 1. The van der Waals surface area contributed by atoms with Gasteiger partial charge in [-0.1, -0.05) is 0 Å². The molecule has 1 saturated heterocycles. The van der Waals surface area contributed by atoms with Gasteiger partial charge in [-0.15, -0.1) is 0 Å². The number of carbonyl (C=O) groups excluding carboxylic acids is 2. The smallest absolute Gasteiger partial charge is 0.413 e. The minimum absolute atomic E-state index is 0.0914. The third-order valence-corrected chi connectivity index (χ3v) is 1.19. The Morgan fingerprint density at radius 2 is 1.67 bits per heavy atom. The second kappa shape index (κ2) is 4.79. The fourth-order valence-corrected chi connectivity index (χ4v) is 0.590. The number of urea groups is 1. The molecule has 10 nitrogen and oxygen atoms in total. The van der Waals surface area contributed by atoms with E-state index in [1.807, 2.05) is 5.32 Å². The normalized spacial score (nSPS) is 21.0. The van der Waals surface area contributed by atoms with Gasteiger partial charge in [-0.25, -0.2) is 4.79 Å². The SMILES string of the molecule is O=S(=O)([O-])[O-].[NH2+]=C1NC(=O)NC(=O)C1[NH3+]. The maximum atomic E-state index is 10.7. The van der Waals surface area contributed by atoms with Crippen molar-refractivity contribution in [1.29, 1.82) is 0 Å². The summed E-state index contributed by atoms with van der Waals surface area (Å²) in [5.41, 5.74) is 3.41. The third kappa shape index (κ3) is 6.50. The summed E-state index contributed by atoms with van der Waals surface area (Å²) in [4.78, 5) is 21.1. The van der Waals surface area contributed by atoms with Gasteiger partial charge in [0.15, 0.2) is 0 Å². The van der Waals surface area contributed by atoms with Crippen molar-refractivity contribution in [3.63, 3.8) is 0 Å². The zero-order chi connectivity index (χ0) is 12.2. The average molecular weight is 240 g/mol. The minimum atomic E-state index is -5.17. The van der Waals surface area contributed by atoms with E-state index in [-0.39, 0.29) is 5.84 Å². The molecule has 0 saturated carbocycles. The van der Waals surface area contributed by atoms with Gasteiger partial charge < -0.3 is 14.8 Å². The largest absolute Gasteiger partial charge is 0.759 e. The van der Waals surface area contributed by atoms with Crippen molar-refractivity contribution >= 4 is 28.2 Å². The van der Waals surface area contributed by atoms with Crippen LogP contribution in [0.1, 0.15) is 0 Å². The van der Waals surface area contributed by atoms with E-state index in [1.165, 1.54) is 0 Å². The van der Waals surface area contributed by atoms with Gasteiger partial charge in [0, 0.05) is 10.4 Å². The van der Waals surface area contributed by atoms with E-state index in [1.54, 1.807) is 0 Å². The number of nitrogens with one attached hydrogen (secondary N) is 2. The molecule has 1 aliphatic heterocycles. The Balaban J connectivity index is 0.000000336. The predicted octanol–water partition coefficient (Wildman–Crippen LogP) is -5.74. The molecule has 7 N–H and O–H groups in total. The summed E-state index contributed by atoms with van der Waals surface area (Å²) in [6.45, 7) is 0. The molecule has 3 amide bonds. The summed E-state index contributed by atoms with van der Waals surface area (Å²) in [6, 6.07) is -1.28. The molecule has 0 aromatic carbocycles. The van der Waals surface area contributed by atoms with Crippen LogP contribution >= 0.6 is 0 Å². The highest BCUT2D eigenvalue weighted by atomic mass is 32.3. The standard InChI is InChI=1S/C4H6N4O2.H2O4S/c5-1-2(6)7-4(10)8-3(1)9;1-5(2,3)4/h1H,5H2,(H3,6,7,8,9,10);(H2,1,2,3,4). The van der Waals surface area contributed by atoms with E-state index in [0.29, 0.717) is 0 Å². The molecule has 0 aromatic rings. The van der Waals surface area contributed by atoms with Crippen LogP contribution in [0.15, 0.2) is 0 Å². The second-order valence-corrected chi connectivity index (χ2v) is 3.18. The summed E-state index contributed by atoms with van der Waals surface area (Å²) in [5, 5.41) is 9.45. The molecule has 1 atom stereocenters. The Hall–Kier alpha value is -1.56. The van der Waals surface area contributed by atoms with Crippen molar-refractivity contribution in [3.8, 4) is 0 Å². The molecule has 86 valence electrons. The average Bonchev–Trinajstić information content (AvgIpc) is 1.96. The lowest BCUT2D eigenvalue weighted by Gasteiger charge is -2.10. The van der Waals surface area contributed by atoms with E-state index < -0.39 is 28.4 Å². The van der Waals surface area contributed by atoms with Gasteiger partial charge in [-0.05, 0) is 0 Å². The lowest BCUT2D eigenvalue weighted by Crippen LogP contribution is -2.82. The van der Waals surface area contributed by atoms with Crippen molar-refractivity contribution in [2.75, 3.05) is 0 Å². The number of amidine groups is 1. The van der Waals surface area contributed by atoms with Crippen LogP contribution < -0.4 is 21.8 Å². The lowest BCUT2D eigenvalue weighted by molar-refractivity contribution is -0.389. The van der Waals surface area contributed by atoms with Gasteiger partial charge in [-0.3, -0.25) is 23.9 Å². The monoisotopic (exact) mass is 240 g/mol. The van der Waals surface area contributed by atoms with Crippen LogP contribution in [0.3, 0.4) is 0 Å². The van der Waals surface area contributed by atoms with Gasteiger partial charge in [0.25, 0.3) is 6.04 Å². The van der Waals surface area contributed by atoms with Gasteiger partial charge in [-0.2, -0.15) is 5.32 Å². The molecule has 0 spiro atoms. The Morgan fingerprint density at radius 3 is 2.00 bits per heavy atom. The zero-order valence-corrected chi connectivity index (χ0v) is 8.04. The number of rotatable bonds is 0. The van der Waals surface area contributed by atoms with Crippen LogP contribution in [0.4, 0.5) is 4.79 Å². The molecule has 0 radical (unpaired) electrons. The first kappa shape index (κ1) is 13.4. The van der Waals surface area contributed by atoms with Crippen molar-refractivity contribution < 1.29 is 38.3 Å². The van der Waals surface area contributed by atoms with Crippen LogP contribution in [0, 0.1) is 0 Å². The molecule has 1 aliphatic rings. The maximum absolute atomic E-state index is 10.7. The summed E-state index contributed by atoms with van der Waals surface area (Å²) < 4.78 is 34.1. The summed E-state index contributed by atoms with van der Waals surface area (Å²) in [6.07, 6.45) is 0. The number of imide groups is 1. The number of hydrogen-bond acceptors (Lipinski definition) is 6. The number of hydrogen-bond donors (Lipinski definition) is 4.